The largest absolute Gasteiger partial charge is 0.481 e. The maximum atomic E-state index is 12.2. The van der Waals surface area contributed by atoms with Crippen LogP contribution in [-0.4, -0.2) is 28.1 Å². The number of aliphatic carboxylic acids is 1. The molecule has 0 spiro atoms. The standard InChI is InChI=1S/C20H27N3O3/c1-11-8-15(18-17(9-11)12(2)13(3)22-18)10-21-20(26)23-16-6-4-14(5-7-16)19(24)25/h8-9,14,16,22H,4-7,10H2,1-3H3,(H,24,25)(H2,21,23,26). The Morgan fingerprint density at radius 2 is 1.85 bits per heavy atom. The van der Waals surface area contributed by atoms with Crippen LogP contribution in [0.15, 0.2) is 12.1 Å². The van der Waals surface area contributed by atoms with Crippen molar-refractivity contribution in [2.45, 2.75) is 59.0 Å². The van der Waals surface area contributed by atoms with Crippen LogP contribution in [0, 0.1) is 26.7 Å². The van der Waals surface area contributed by atoms with Gasteiger partial charge in [0.25, 0.3) is 0 Å². The summed E-state index contributed by atoms with van der Waals surface area (Å²) in [7, 11) is 0. The number of aromatic amines is 1. The maximum absolute atomic E-state index is 12.2. The van der Waals surface area contributed by atoms with Crippen molar-refractivity contribution in [3.05, 3.63) is 34.5 Å². The Labute approximate surface area is 153 Å². The van der Waals surface area contributed by atoms with Gasteiger partial charge in [-0.05, 0) is 63.6 Å². The van der Waals surface area contributed by atoms with Gasteiger partial charge in [-0.1, -0.05) is 11.6 Å². The van der Waals surface area contributed by atoms with Gasteiger partial charge in [-0.15, -0.1) is 0 Å². The molecular weight excluding hydrogens is 330 g/mol. The Balaban J connectivity index is 1.59. The molecule has 0 aliphatic heterocycles. The molecule has 4 N–H and O–H groups in total. The third-order valence-corrected chi connectivity index (χ3v) is 5.49. The van der Waals surface area contributed by atoms with Gasteiger partial charge in [0.1, 0.15) is 0 Å². The number of amides is 2. The summed E-state index contributed by atoms with van der Waals surface area (Å²) >= 11 is 0. The van der Waals surface area contributed by atoms with Crippen LogP contribution in [0.4, 0.5) is 4.79 Å². The van der Waals surface area contributed by atoms with Crippen molar-refractivity contribution in [3.63, 3.8) is 0 Å². The smallest absolute Gasteiger partial charge is 0.315 e. The van der Waals surface area contributed by atoms with E-state index in [0.717, 1.165) is 16.8 Å². The number of aromatic nitrogens is 1. The average molecular weight is 357 g/mol. The van der Waals surface area contributed by atoms with E-state index in [4.69, 9.17) is 5.11 Å². The molecule has 0 bridgehead atoms. The molecule has 140 valence electrons. The van der Waals surface area contributed by atoms with Gasteiger partial charge < -0.3 is 20.7 Å². The molecule has 1 aromatic carbocycles. The Morgan fingerprint density at radius 3 is 2.50 bits per heavy atom. The van der Waals surface area contributed by atoms with E-state index in [-0.39, 0.29) is 18.0 Å². The third-order valence-electron chi connectivity index (χ3n) is 5.49. The van der Waals surface area contributed by atoms with Crippen molar-refractivity contribution in [1.29, 1.82) is 0 Å². The summed E-state index contributed by atoms with van der Waals surface area (Å²) in [6.07, 6.45) is 2.68. The van der Waals surface area contributed by atoms with Crippen molar-refractivity contribution < 1.29 is 14.7 Å². The predicted molar refractivity (Wildman–Crippen MR) is 101 cm³/mol. The third kappa shape index (κ3) is 3.84. The van der Waals surface area contributed by atoms with Crippen LogP contribution in [0.5, 0.6) is 0 Å². The highest BCUT2D eigenvalue weighted by Gasteiger charge is 2.26. The summed E-state index contributed by atoms with van der Waals surface area (Å²) in [4.78, 5) is 26.7. The second kappa shape index (κ2) is 7.40. The van der Waals surface area contributed by atoms with E-state index in [1.165, 1.54) is 16.5 Å². The second-order valence-electron chi connectivity index (χ2n) is 7.44. The van der Waals surface area contributed by atoms with Gasteiger partial charge >= 0.3 is 12.0 Å². The lowest BCUT2D eigenvalue weighted by Crippen LogP contribution is -2.43. The fourth-order valence-electron chi connectivity index (χ4n) is 3.82. The minimum absolute atomic E-state index is 0.0538. The van der Waals surface area contributed by atoms with Gasteiger partial charge in [-0.2, -0.15) is 0 Å². The summed E-state index contributed by atoms with van der Waals surface area (Å²) in [6.45, 7) is 6.67. The fraction of sp³-hybridized carbons (Fsp3) is 0.500. The quantitative estimate of drug-likeness (QED) is 0.674. The number of carboxylic acid groups (broad SMARTS) is 1. The van der Waals surface area contributed by atoms with Gasteiger partial charge in [-0.3, -0.25) is 4.79 Å². The Kier molecular flexibility index (Phi) is 5.20. The zero-order chi connectivity index (χ0) is 18.8. The first-order valence-electron chi connectivity index (χ1n) is 9.20. The molecule has 1 aliphatic rings. The molecule has 6 heteroatoms. The molecule has 1 heterocycles. The average Bonchev–Trinajstić information content (AvgIpc) is 2.88. The highest BCUT2D eigenvalue weighted by Crippen LogP contribution is 2.26. The van der Waals surface area contributed by atoms with Crippen molar-refractivity contribution in [1.82, 2.24) is 15.6 Å². The van der Waals surface area contributed by atoms with E-state index in [9.17, 15) is 9.59 Å². The lowest BCUT2D eigenvalue weighted by Gasteiger charge is -2.26. The molecule has 1 fully saturated rings. The molecule has 2 amide bonds. The molecule has 2 aromatic rings. The van der Waals surface area contributed by atoms with E-state index in [1.807, 2.05) is 0 Å². The minimum Gasteiger partial charge on any atom is -0.481 e. The Morgan fingerprint density at radius 1 is 1.15 bits per heavy atom. The number of carbonyl (C=O) groups excluding carboxylic acids is 1. The molecular formula is C20H27N3O3. The van der Waals surface area contributed by atoms with Crippen molar-refractivity contribution in [2.24, 2.45) is 5.92 Å². The van der Waals surface area contributed by atoms with Crippen LogP contribution in [0.25, 0.3) is 10.9 Å². The number of fused-ring (bicyclic) bond motifs is 1. The van der Waals surface area contributed by atoms with Crippen molar-refractivity contribution in [3.8, 4) is 0 Å². The topological polar surface area (TPSA) is 94.2 Å². The van der Waals surface area contributed by atoms with Crippen LogP contribution in [0.2, 0.25) is 0 Å². The number of urea groups is 1. The Hall–Kier alpha value is -2.50. The SMILES string of the molecule is Cc1cc(CNC(=O)NC2CCC(C(=O)O)CC2)c2[nH]c(C)c(C)c2c1. The van der Waals surface area contributed by atoms with Crippen LogP contribution in [-0.2, 0) is 11.3 Å². The molecule has 1 aliphatic carbocycles. The minimum atomic E-state index is -0.729. The molecule has 6 nitrogen and oxygen atoms in total. The number of carbonyl (C=O) groups is 2. The predicted octanol–water partition coefficient (Wildman–Crippen LogP) is 3.54. The number of nitrogens with one attached hydrogen (secondary N) is 3. The van der Waals surface area contributed by atoms with Gasteiger partial charge in [0.05, 0.1) is 11.4 Å². The monoisotopic (exact) mass is 357 g/mol. The van der Waals surface area contributed by atoms with Crippen LogP contribution in [0.3, 0.4) is 0 Å². The highest BCUT2D eigenvalue weighted by molar-refractivity contribution is 5.88. The molecule has 3 rings (SSSR count). The number of carboxylic acids is 1. The van der Waals surface area contributed by atoms with Crippen LogP contribution >= 0.6 is 0 Å². The lowest BCUT2D eigenvalue weighted by atomic mass is 9.86. The van der Waals surface area contributed by atoms with Crippen molar-refractivity contribution in [2.75, 3.05) is 0 Å². The normalized spacial score (nSPS) is 20.1. The molecule has 0 radical (unpaired) electrons. The number of hydrogen-bond donors (Lipinski definition) is 4. The maximum Gasteiger partial charge on any atom is 0.315 e. The van der Waals surface area contributed by atoms with E-state index in [1.54, 1.807) is 0 Å². The summed E-state index contributed by atoms with van der Waals surface area (Å²) in [5, 5.41) is 16.2. The summed E-state index contributed by atoms with van der Waals surface area (Å²) in [6, 6.07) is 4.12. The van der Waals surface area contributed by atoms with Gasteiger partial charge in [0, 0.05) is 23.7 Å². The van der Waals surface area contributed by atoms with E-state index in [0.29, 0.717) is 32.2 Å². The number of rotatable bonds is 4. The van der Waals surface area contributed by atoms with Gasteiger partial charge in [0.2, 0.25) is 0 Å². The molecule has 0 saturated heterocycles. The second-order valence-corrected chi connectivity index (χ2v) is 7.44. The highest BCUT2D eigenvalue weighted by atomic mass is 16.4. The number of hydrogen-bond acceptors (Lipinski definition) is 2. The van der Waals surface area contributed by atoms with Crippen LogP contribution < -0.4 is 10.6 Å². The first-order valence-corrected chi connectivity index (χ1v) is 9.20. The lowest BCUT2D eigenvalue weighted by molar-refractivity contribution is -0.142. The molecule has 26 heavy (non-hydrogen) atoms. The number of aryl methyl sites for hydroxylation is 3. The molecule has 1 aromatic heterocycles. The Bertz CT molecular complexity index is 832. The molecule has 0 unspecified atom stereocenters. The zero-order valence-electron chi connectivity index (χ0n) is 15.6. The zero-order valence-corrected chi connectivity index (χ0v) is 15.6. The van der Waals surface area contributed by atoms with Gasteiger partial charge in [-0.25, -0.2) is 4.79 Å². The van der Waals surface area contributed by atoms with E-state index < -0.39 is 5.97 Å². The summed E-state index contributed by atoms with van der Waals surface area (Å²) in [5.41, 5.74) is 5.70. The van der Waals surface area contributed by atoms with E-state index in [2.05, 4.69) is 48.5 Å². The summed E-state index contributed by atoms with van der Waals surface area (Å²) in [5.74, 6) is -0.996. The van der Waals surface area contributed by atoms with Crippen molar-refractivity contribution >= 4 is 22.9 Å². The number of benzene rings is 1. The van der Waals surface area contributed by atoms with E-state index >= 15 is 0 Å². The summed E-state index contributed by atoms with van der Waals surface area (Å²) < 4.78 is 0. The van der Waals surface area contributed by atoms with Crippen LogP contribution in [0.1, 0.15) is 48.1 Å². The number of H-pyrrole nitrogens is 1. The molecule has 0 atom stereocenters. The first kappa shape index (κ1) is 18.3. The first-order chi connectivity index (χ1) is 12.3. The molecule has 1 saturated carbocycles. The fourth-order valence-corrected chi connectivity index (χ4v) is 3.82. The van der Waals surface area contributed by atoms with Gasteiger partial charge in [0.15, 0.2) is 0 Å².